The summed E-state index contributed by atoms with van der Waals surface area (Å²) in [4.78, 5) is 0. The minimum absolute atomic E-state index is 0.206. The summed E-state index contributed by atoms with van der Waals surface area (Å²) in [6.07, 6.45) is -0.209. The van der Waals surface area contributed by atoms with Gasteiger partial charge < -0.3 is 14.6 Å². The number of aliphatic hydroxyl groups excluding tert-OH is 1. The molecule has 2 aromatic rings. The molecule has 1 aliphatic rings. The number of hydrogen-bond donors (Lipinski definition) is 1. The number of rotatable bonds is 2. The summed E-state index contributed by atoms with van der Waals surface area (Å²) in [5, 5.41) is 10.3. The van der Waals surface area contributed by atoms with Gasteiger partial charge in [-0.25, -0.2) is 0 Å². The van der Waals surface area contributed by atoms with E-state index in [4.69, 9.17) is 9.47 Å². The minimum atomic E-state index is -0.526. The zero-order valence-electron chi connectivity index (χ0n) is 11.0. The van der Waals surface area contributed by atoms with Crippen LogP contribution in [-0.2, 0) is 0 Å². The Kier molecular flexibility index (Phi) is 3.68. The summed E-state index contributed by atoms with van der Waals surface area (Å²) in [7, 11) is 1.64. The highest BCUT2D eigenvalue weighted by Crippen LogP contribution is 2.43. The largest absolute Gasteiger partial charge is 0.496 e. The maximum atomic E-state index is 10.3. The van der Waals surface area contributed by atoms with Gasteiger partial charge in [0.15, 0.2) is 0 Å². The second kappa shape index (κ2) is 5.46. The number of para-hydroxylation sites is 1. The zero-order valence-corrected chi connectivity index (χ0v) is 12.6. The van der Waals surface area contributed by atoms with E-state index in [9.17, 15) is 5.11 Å². The number of fused-ring (bicyclic) bond motifs is 1. The van der Waals surface area contributed by atoms with Crippen molar-refractivity contribution in [1.82, 2.24) is 0 Å². The molecule has 0 bridgehead atoms. The van der Waals surface area contributed by atoms with E-state index >= 15 is 0 Å². The summed E-state index contributed by atoms with van der Waals surface area (Å²) >= 11 is 3.43. The number of ether oxygens (including phenoxy) is 2. The average molecular weight is 335 g/mol. The SMILES string of the molecule is COc1ccccc1C1C[C@H](O)c2ccc(Br)cc2O1. The van der Waals surface area contributed by atoms with Crippen molar-refractivity contribution >= 4 is 15.9 Å². The van der Waals surface area contributed by atoms with Gasteiger partial charge in [0.2, 0.25) is 0 Å². The Bertz CT molecular complexity index is 627. The van der Waals surface area contributed by atoms with Gasteiger partial charge in [-0.1, -0.05) is 40.2 Å². The predicted molar refractivity (Wildman–Crippen MR) is 80.1 cm³/mol. The normalized spacial score (nSPS) is 20.9. The highest BCUT2D eigenvalue weighted by Gasteiger charge is 2.29. The fourth-order valence-electron chi connectivity index (χ4n) is 2.54. The molecule has 0 spiro atoms. The van der Waals surface area contributed by atoms with Gasteiger partial charge in [-0.3, -0.25) is 0 Å². The Hall–Kier alpha value is -1.52. The highest BCUT2D eigenvalue weighted by atomic mass is 79.9. The summed E-state index contributed by atoms with van der Waals surface area (Å²) in [6.45, 7) is 0. The van der Waals surface area contributed by atoms with Gasteiger partial charge in [-0.2, -0.15) is 0 Å². The molecule has 0 saturated carbocycles. The van der Waals surface area contributed by atoms with Gasteiger partial charge in [-0.05, 0) is 18.2 Å². The third-order valence-corrected chi connectivity index (χ3v) is 4.02. The van der Waals surface area contributed by atoms with Gasteiger partial charge in [0.25, 0.3) is 0 Å². The van der Waals surface area contributed by atoms with E-state index in [1.54, 1.807) is 7.11 Å². The van der Waals surface area contributed by atoms with Gasteiger partial charge in [0, 0.05) is 22.0 Å². The lowest BCUT2D eigenvalue weighted by Crippen LogP contribution is -2.19. The molecule has 2 atom stereocenters. The summed E-state index contributed by atoms with van der Waals surface area (Å²) in [5.74, 6) is 1.50. The van der Waals surface area contributed by atoms with Crippen LogP contribution >= 0.6 is 15.9 Å². The topological polar surface area (TPSA) is 38.7 Å². The maximum absolute atomic E-state index is 10.3. The lowest BCUT2D eigenvalue weighted by Gasteiger charge is -2.30. The molecule has 1 unspecified atom stereocenters. The molecule has 0 radical (unpaired) electrons. The number of aliphatic hydroxyl groups is 1. The van der Waals surface area contributed by atoms with Crippen LogP contribution in [0.4, 0.5) is 0 Å². The molecule has 3 rings (SSSR count). The molecule has 0 fully saturated rings. The molecule has 1 heterocycles. The van der Waals surface area contributed by atoms with Crippen molar-refractivity contribution in [2.45, 2.75) is 18.6 Å². The van der Waals surface area contributed by atoms with Gasteiger partial charge >= 0.3 is 0 Å². The number of hydrogen-bond acceptors (Lipinski definition) is 3. The predicted octanol–water partition coefficient (Wildman–Crippen LogP) is 4.01. The molecule has 0 aliphatic carbocycles. The van der Waals surface area contributed by atoms with Crippen LogP contribution in [0.3, 0.4) is 0 Å². The Balaban J connectivity index is 1.98. The number of benzene rings is 2. The highest BCUT2D eigenvalue weighted by molar-refractivity contribution is 9.10. The molecule has 3 nitrogen and oxygen atoms in total. The lowest BCUT2D eigenvalue weighted by atomic mass is 9.94. The molecular formula is C16H15BrO3. The molecule has 2 aromatic carbocycles. The van der Waals surface area contributed by atoms with Crippen LogP contribution < -0.4 is 9.47 Å². The molecule has 1 N–H and O–H groups in total. The van der Waals surface area contributed by atoms with Crippen molar-refractivity contribution in [2.24, 2.45) is 0 Å². The van der Waals surface area contributed by atoms with Crippen molar-refractivity contribution in [3.05, 3.63) is 58.1 Å². The number of halogens is 1. The van der Waals surface area contributed by atoms with Crippen LogP contribution in [0.1, 0.15) is 29.8 Å². The van der Waals surface area contributed by atoms with E-state index < -0.39 is 6.10 Å². The fourth-order valence-corrected chi connectivity index (χ4v) is 2.88. The summed E-state index contributed by atoms with van der Waals surface area (Å²) in [6, 6.07) is 13.4. The standard InChI is InChI=1S/C16H15BrO3/c1-19-14-5-3-2-4-12(14)16-9-13(18)11-7-6-10(17)8-15(11)20-16/h2-8,13,16,18H,9H2,1H3/t13-,16?/m0/s1. The molecule has 4 heteroatoms. The van der Waals surface area contributed by atoms with Crippen molar-refractivity contribution in [1.29, 1.82) is 0 Å². The minimum Gasteiger partial charge on any atom is -0.496 e. The fraction of sp³-hybridized carbons (Fsp3) is 0.250. The first-order chi connectivity index (χ1) is 9.69. The van der Waals surface area contributed by atoms with Crippen LogP contribution in [-0.4, -0.2) is 12.2 Å². The Morgan fingerprint density at radius 2 is 2.00 bits per heavy atom. The quantitative estimate of drug-likeness (QED) is 0.901. The van der Waals surface area contributed by atoms with E-state index in [1.807, 2.05) is 42.5 Å². The third kappa shape index (κ3) is 2.41. The van der Waals surface area contributed by atoms with E-state index in [0.29, 0.717) is 12.2 Å². The van der Waals surface area contributed by atoms with Gasteiger partial charge in [-0.15, -0.1) is 0 Å². The first-order valence-corrected chi connectivity index (χ1v) is 7.25. The Morgan fingerprint density at radius 3 is 2.80 bits per heavy atom. The second-order valence-electron chi connectivity index (χ2n) is 4.78. The van der Waals surface area contributed by atoms with E-state index in [-0.39, 0.29) is 6.10 Å². The first kappa shape index (κ1) is 13.5. The van der Waals surface area contributed by atoms with Crippen molar-refractivity contribution in [2.75, 3.05) is 7.11 Å². The monoisotopic (exact) mass is 334 g/mol. The maximum Gasteiger partial charge on any atom is 0.130 e. The summed E-state index contributed by atoms with van der Waals surface area (Å²) in [5.41, 5.74) is 1.79. The Labute approximate surface area is 126 Å². The molecule has 104 valence electrons. The molecule has 1 aliphatic heterocycles. The molecular weight excluding hydrogens is 320 g/mol. The molecule has 0 amide bonds. The van der Waals surface area contributed by atoms with Crippen LogP contribution in [0.25, 0.3) is 0 Å². The van der Waals surface area contributed by atoms with Crippen molar-refractivity contribution in [3.8, 4) is 11.5 Å². The van der Waals surface area contributed by atoms with Crippen LogP contribution in [0.5, 0.6) is 11.5 Å². The van der Waals surface area contributed by atoms with E-state index in [2.05, 4.69) is 15.9 Å². The number of methoxy groups -OCH3 is 1. The van der Waals surface area contributed by atoms with Gasteiger partial charge in [0.1, 0.15) is 17.6 Å². The van der Waals surface area contributed by atoms with Crippen molar-refractivity contribution < 1.29 is 14.6 Å². The average Bonchev–Trinajstić information content (AvgIpc) is 2.46. The smallest absolute Gasteiger partial charge is 0.130 e. The summed E-state index contributed by atoms with van der Waals surface area (Å²) < 4.78 is 12.4. The van der Waals surface area contributed by atoms with Crippen LogP contribution in [0, 0.1) is 0 Å². The van der Waals surface area contributed by atoms with E-state index in [0.717, 1.165) is 21.3 Å². The van der Waals surface area contributed by atoms with Crippen molar-refractivity contribution in [3.63, 3.8) is 0 Å². The first-order valence-electron chi connectivity index (χ1n) is 6.46. The zero-order chi connectivity index (χ0) is 14.1. The van der Waals surface area contributed by atoms with Gasteiger partial charge in [0.05, 0.1) is 13.2 Å². The molecule has 20 heavy (non-hydrogen) atoms. The Morgan fingerprint density at radius 1 is 1.20 bits per heavy atom. The van der Waals surface area contributed by atoms with E-state index in [1.165, 1.54) is 0 Å². The molecule has 0 saturated heterocycles. The third-order valence-electron chi connectivity index (χ3n) is 3.53. The second-order valence-corrected chi connectivity index (χ2v) is 5.70. The lowest BCUT2D eigenvalue weighted by molar-refractivity contribution is 0.0644. The molecule has 0 aromatic heterocycles. The van der Waals surface area contributed by atoms with Crippen LogP contribution in [0.15, 0.2) is 46.9 Å². The van der Waals surface area contributed by atoms with Crippen LogP contribution in [0.2, 0.25) is 0 Å².